The molecule has 0 atom stereocenters. The fourth-order valence-electron chi connectivity index (χ4n) is 1.67. The van der Waals surface area contributed by atoms with E-state index in [1.54, 1.807) is 0 Å². The van der Waals surface area contributed by atoms with Crippen LogP contribution in [0.5, 0.6) is 5.75 Å². The lowest BCUT2D eigenvalue weighted by atomic mass is 10.1. The maximum absolute atomic E-state index is 11.5. The van der Waals surface area contributed by atoms with Gasteiger partial charge in [-0.15, -0.1) is 0 Å². The van der Waals surface area contributed by atoms with E-state index < -0.39 is 0 Å². The van der Waals surface area contributed by atoms with Crippen LogP contribution in [0.2, 0.25) is 0 Å². The van der Waals surface area contributed by atoms with Gasteiger partial charge in [0.05, 0.1) is 13.2 Å². The lowest BCUT2D eigenvalue weighted by molar-refractivity contribution is -0.120. The Kier molecular flexibility index (Phi) is 8.47. The van der Waals surface area contributed by atoms with Gasteiger partial charge in [0.2, 0.25) is 5.91 Å². The first kappa shape index (κ1) is 16.5. The molecule has 4 nitrogen and oxygen atoms in total. The molecule has 1 aromatic rings. The molecule has 0 unspecified atom stereocenters. The molecule has 1 rings (SSSR count). The molecule has 0 radical (unpaired) electrons. The topological polar surface area (TPSA) is 50.4 Å². The van der Waals surface area contributed by atoms with Gasteiger partial charge in [0.25, 0.3) is 0 Å². The van der Waals surface area contributed by atoms with E-state index in [4.69, 9.17) is 4.74 Å². The summed E-state index contributed by atoms with van der Waals surface area (Å²) < 4.78 is 5.56. The summed E-state index contributed by atoms with van der Waals surface area (Å²) >= 11 is 0. The van der Waals surface area contributed by atoms with Gasteiger partial charge in [-0.2, -0.15) is 0 Å². The minimum Gasteiger partial charge on any atom is -0.494 e. The van der Waals surface area contributed by atoms with E-state index in [2.05, 4.69) is 24.5 Å². The van der Waals surface area contributed by atoms with Crippen molar-refractivity contribution >= 4 is 5.91 Å². The highest BCUT2D eigenvalue weighted by molar-refractivity contribution is 5.77. The summed E-state index contributed by atoms with van der Waals surface area (Å²) in [7, 11) is 0. The molecule has 1 amide bonds. The Bertz CT molecular complexity index is 366. The summed E-state index contributed by atoms with van der Waals surface area (Å²) in [6, 6.07) is 9.75. The number of hydrogen-bond acceptors (Lipinski definition) is 3. The number of carbonyl (C=O) groups excluding carboxylic acids is 1. The Morgan fingerprint density at radius 3 is 2.65 bits per heavy atom. The Morgan fingerprint density at radius 1 is 1.20 bits per heavy atom. The highest BCUT2D eigenvalue weighted by Gasteiger charge is 2.00. The maximum Gasteiger partial charge on any atom is 0.233 e. The molecule has 0 saturated carbocycles. The number of nitrogens with one attached hydrogen (secondary N) is 2. The predicted molar refractivity (Wildman–Crippen MR) is 81.9 cm³/mol. The van der Waals surface area contributed by atoms with Gasteiger partial charge >= 0.3 is 0 Å². The van der Waals surface area contributed by atoms with Crippen LogP contribution in [0.15, 0.2) is 30.3 Å². The van der Waals surface area contributed by atoms with Crippen molar-refractivity contribution in [2.75, 3.05) is 26.2 Å². The van der Waals surface area contributed by atoms with E-state index >= 15 is 0 Å². The van der Waals surface area contributed by atoms with E-state index in [0.717, 1.165) is 31.7 Å². The van der Waals surface area contributed by atoms with Crippen molar-refractivity contribution in [3.05, 3.63) is 30.3 Å². The summed E-state index contributed by atoms with van der Waals surface area (Å²) in [5, 5.41) is 6.02. The third kappa shape index (κ3) is 8.53. The van der Waals surface area contributed by atoms with Crippen LogP contribution >= 0.6 is 0 Å². The fourth-order valence-corrected chi connectivity index (χ4v) is 1.67. The summed E-state index contributed by atoms with van der Waals surface area (Å²) in [4.78, 5) is 11.5. The molecule has 0 saturated heterocycles. The molecule has 0 heterocycles. The van der Waals surface area contributed by atoms with Crippen molar-refractivity contribution in [2.45, 2.75) is 26.7 Å². The molecule has 0 aliphatic carbocycles. The molecular weight excluding hydrogens is 252 g/mol. The largest absolute Gasteiger partial charge is 0.494 e. The molecule has 112 valence electrons. The first-order valence-electron chi connectivity index (χ1n) is 7.33. The zero-order valence-electron chi connectivity index (χ0n) is 12.5. The van der Waals surface area contributed by atoms with Crippen molar-refractivity contribution in [1.82, 2.24) is 10.6 Å². The minimum atomic E-state index is 0.0645. The van der Waals surface area contributed by atoms with Crippen LogP contribution in [0.1, 0.15) is 26.7 Å². The summed E-state index contributed by atoms with van der Waals surface area (Å²) in [6.07, 6.45) is 1.91. The SMILES string of the molecule is CC(C)CCNC(=O)CNCCCOc1ccccc1. The van der Waals surface area contributed by atoms with Gasteiger partial charge in [-0.3, -0.25) is 4.79 Å². The maximum atomic E-state index is 11.5. The molecular formula is C16H26N2O2. The fraction of sp³-hybridized carbons (Fsp3) is 0.562. The predicted octanol–water partition coefficient (Wildman–Crippen LogP) is 2.21. The molecule has 0 aliphatic rings. The normalized spacial score (nSPS) is 10.6. The molecule has 0 aromatic heterocycles. The third-order valence-electron chi connectivity index (χ3n) is 2.84. The number of ether oxygens (including phenoxy) is 1. The third-order valence-corrected chi connectivity index (χ3v) is 2.84. The number of para-hydroxylation sites is 1. The molecule has 0 bridgehead atoms. The van der Waals surface area contributed by atoms with Crippen molar-refractivity contribution in [3.8, 4) is 5.75 Å². The van der Waals surface area contributed by atoms with Gasteiger partial charge in [-0.25, -0.2) is 0 Å². The zero-order valence-corrected chi connectivity index (χ0v) is 12.5. The van der Waals surface area contributed by atoms with E-state index in [-0.39, 0.29) is 5.91 Å². The van der Waals surface area contributed by atoms with Gasteiger partial charge in [-0.1, -0.05) is 32.0 Å². The Balaban J connectivity index is 1.93. The number of hydrogen-bond donors (Lipinski definition) is 2. The molecule has 1 aromatic carbocycles. The molecule has 2 N–H and O–H groups in total. The van der Waals surface area contributed by atoms with Gasteiger partial charge in [0, 0.05) is 6.54 Å². The average Bonchev–Trinajstić information content (AvgIpc) is 2.43. The second-order valence-corrected chi connectivity index (χ2v) is 5.22. The van der Waals surface area contributed by atoms with Gasteiger partial charge in [0.1, 0.15) is 5.75 Å². The minimum absolute atomic E-state index is 0.0645. The van der Waals surface area contributed by atoms with Crippen LogP contribution in [0.25, 0.3) is 0 Å². The van der Waals surface area contributed by atoms with Crippen molar-refractivity contribution in [2.24, 2.45) is 5.92 Å². The Labute approximate surface area is 121 Å². The van der Waals surface area contributed by atoms with E-state index in [9.17, 15) is 4.79 Å². The average molecular weight is 278 g/mol. The number of rotatable bonds is 10. The second kappa shape index (κ2) is 10.3. The van der Waals surface area contributed by atoms with Crippen molar-refractivity contribution in [3.63, 3.8) is 0 Å². The smallest absolute Gasteiger partial charge is 0.233 e. The Morgan fingerprint density at radius 2 is 1.95 bits per heavy atom. The second-order valence-electron chi connectivity index (χ2n) is 5.22. The molecule has 0 spiro atoms. The lowest BCUT2D eigenvalue weighted by Crippen LogP contribution is -2.35. The van der Waals surface area contributed by atoms with Gasteiger partial charge in [0.15, 0.2) is 0 Å². The van der Waals surface area contributed by atoms with E-state index in [1.165, 1.54) is 0 Å². The monoisotopic (exact) mass is 278 g/mol. The lowest BCUT2D eigenvalue weighted by Gasteiger charge is -2.09. The molecule has 4 heteroatoms. The summed E-state index contributed by atoms with van der Waals surface area (Å²) in [5.41, 5.74) is 0. The first-order valence-corrected chi connectivity index (χ1v) is 7.33. The quantitative estimate of drug-likeness (QED) is 0.645. The van der Waals surface area contributed by atoms with Gasteiger partial charge in [-0.05, 0) is 37.4 Å². The van der Waals surface area contributed by atoms with Crippen LogP contribution < -0.4 is 15.4 Å². The van der Waals surface area contributed by atoms with Crippen LogP contribution in [0, 0.1) is 5.92 Å². The van der Waals surface area contributed by atoms with Crippen molar-refractivity contribution in [1.29, 1.82) is 0 Å². The summed E-state index contributed by atoms with van der Waals surface area (Å²) in [5.74, 6) is 1.58. The van der Waals surface area contributed by atoms with Crippen LogP contribution in [-0.2, 0) is 4.79 Å². The van der Waals surface area contributed by atoms with Crippen LogP contribution in [-0.4, -0.2) is 32.1 Å². The van der Waals surface area contributed by atoms with E-state index in [1.807, 2.05) is 30.3 Å². The highest BCUT2D eigenvalue weighted by Crippen LogP contribution is 2.07. The molecule has 0 aliphatic heterocycles. The standard InChI is InChI=1S/C16H26N2O2/c1-14(2)9-11-18-16(19)13-17-10-6-12-20-15-7-4-3-5-8-15/h3-5,7-8,14,17H,6,9-13H2,1-2H3,(H,18,19). The van der Waals surface area contributed by atoms with Crippen LogP contribution in [0.3, 0.4) is 0 Å². The number of amides is 1. The van der Waals surface area contributed by atoms with Gasteiger partial charge < -0.3 is 15.4 Å². The highest BCUT2D eigenvalue weighted by atomic mass is 16.5. The zero-order chi connectivity index (χ0) is 14.6. The first-order chi connectivity index (χ1) is 9.68. The molecule has 0 fully saturated rings. The molecule has 20 heavy (non-hydrogen) atoms. The van der Waals surface area contributed by atoms with E-state index in [0.29, 0.717) is 19.1 Å². The number of benzene rings is 1. The van der Waals surface area contributed by atoms with Crippen LogP contribution in [0.4, 0.5) is 0 Å². The Hall–Kier alpha value is -1.55. The summed E-state index contributed by atoms with van der Waals surface area (Å²) in [6.45, 7) is 6.88. The van der Waals surface area contributed by atoms with Crippen molar-refractivity contribution < 1.29 is 9.53 Å². The number of carbonyl (C=O) groups is 1.